The maximum atomic E-state index is 11.9. The van der Waals surface area contributed by atoms with E-state index in [0.717, 1.165) is 19.3 Å². The number of aliphatic hydroxyl groups excluding tert-OH is 1. The zero-order chi connectivity index (χ0) is 32.1. The molecule has 0 bridgehead atoms. The molecular weight excluding hydrogens is 565 g/mol. The smallest absolute Gasteiger partial charge is 0.463 e. The third kappa shape index (κ3) is 34.2. The van der Waals surface area contributed by atoms with Gasteiger partial charge in [0.2, 0.25) is 0 Å². The van der Waals surface area contributed by atoms with Crippen LogP contribution in [0, 0.1) is 0 Å². The second-order valence-corrected chi connectivity index (χ2v) is 14.9. The van der Waals surface area contributed by atoms with Gasteiger partial charge in [-0.1, -0.05) is 148 Å². The van der Waals surface area contributed by atoms with Crippen LogP contribution in [0.2, 0.25) is 0 Å². The largest absolute Gasteiger partial charge is 0.472 e. The molecule has 2 N–H and O–H groups in total. The first-order chi connectivity index (χ1) is 20.6. The highest BCUT2D eigenvalue weighted by molar-refractivity contribution is 7.47. The van der Waals surface area contributed by atoms with Crippen molar-refractivity contribution in [1.82, 2.24) is 0 Å². The van der Waals surface area contributed by atoms with Gasteiger partial charge >= 0.3 is 13.8 Å². The number of unbranched alkanes of at least 4 members (excludes halogenated alkanes) is 22. The number of hydrogen-bond donors (Lipinski definition) is 2. The van der Waals surface area contributed by atoms with Gasteiger partial charge in [-0.2, -0.15) is 0 Å². The first kappa shape index (κ1) is 42.5. The monoisotopic (exact) mass is 636 g/mol. The van der Waals surface area contributed by atoms with Crippen molar-refractivity contribution >= 4 is 13.8 Å². The van der Waals surface area contributed by atoms with E-state index >= 15 is 0 Å². The normalized spacial score (nSPS) is 14.1. The minimum atomic E-state index is -4.24. The maximum absolute atomic E-state index is 11.9. The van der Waals surface area contributed by atoms with E-state index in [9.17, 15) is 19.4 Å². The molecule has 43 heavy (non-hydrogen) atoms. The minimum Gasteiger partial charge on any atom is -0.463 e. The number of nitrogens with zero attached hydrogens (tertiary/aromatic N) is 1. The van der Waals surface area contributed by atoms with Crippen molar-refractivity contribution in [1.29, 1.82) is 0 Å². The Morgan fingerprint density at radius 2 is 1.00 bits per heavy atom. The van der Waals surface area contributed by atoms with Crippen LogP contribution in [0.1, 0.15) is 161 Å². The molecule has 0 heterocycles. The molecule has 0 saturated heterocycles. The Labute approximate surface area is 265 Å². The van der Waals surface area contributed by atoms with Gasteiger partial charge in [0.15, 0.2) is 0 Å². The fourth-order valence-electron chi connectivity index (χ4n) is 5.01. The van der Waals surface area contributed by atoms with E-state index in [2.05, 4.69) is 6.92 Å². The summed E-state index contributed by atoms with van der Waals surface area (Å²) in [6, 6.07) is 0. The third-order valence-electron chi connectivity index (χ3n) is 7.87. The zero-order valence-corrected chi connectivity index (χ0v) is 29.6. The van der Waals surface area contributed by atoms with Gasteiger partial charge in [-0.05, 0) is 6.42 Å². The number of carbonyl (C=O) groups is 1. The number of rotatable bonds is 33. The van der Waals surface area contributed by atoms with Crippen molar-refractivity contribution in [3.05, 3.63) is 0 Å². The van der Waals surface area contributed by atoms with Crippen LogP contribution < -0.4 is 0 Å². The van der Waals surface area contributed by atoms with Crippen molar-refractivity contribution in [2.75, 3.05) is 47.5 Å². The van der Waals surface area contributed by atoms with Crippen LogP contribution in [-0.4, -0.2) is 74.1 Å². The van der Waals surface area contributed by atoms with Crippen molar-refractivity contribution in [2.24, 2.45) is 0 Å². The number of likely N-dealkylation sites (N-methyl/N-ethyl adjacent to an activating group) is 1. The van der Waals surface area contributed by atoms with Crippen LogP contribution in [-0.2, 0) is 23.1 Å². The van der Waals surface area contributed by atoms with E-state index in [-0.39, 0.29) is 19.2 Å². The lowest BCUT2D eigenvalue weighted by molar-refractivity contribution is -0.870. The predicted molar refractivity (Wildman–Crippen MR) is 178 cm³/mol. The Morgan fingerprint density at radius 3 is 1.37 bits per heavy atom. The molecule has 0 fully saturated rings. The highest BCUT2D eigenvalue weighted by Crippen LogP contribution is 2.43. The van der Waals surface area contributed by atoms with Crippen molar-refractivity contribution in [2.45, 2.75) is 167 Å². The summed E-state index contributed by atoms with van der Waals surface area (Å²) in [6.45, 7) is 2.17. The summed E-state index contributed by atoms with van der Waals surface area (Å²) in [5, 5.41) is 9.88. The fraction of sp³-hybridized carbons (Fsp3) is 0.971. The number of aliphatic hydroxyl groups is 1. The molecule has 0 aromatic heterocycles. The van der Waals surface area contributed by atoms with Crippen molar-refractivity contribution in [3.63, 3.8) is 0 Å². The van der Waals surface area contributed by atoms with E-state index in [1.807, 2.05) is 21.1 Å². The number of hydrogen-bond acceptors (Lipinski definition) is 6. The van der Waals surface area contributed by atoms with E-state index < -0.39 is 20.5 Å². The summed E-state index contributed by atoms with van der Waals surface area (Å²) in [4.78, 5) is 21.6. The zero-order valence-electron chi connectivity index (χ0n) is 28.7. The van der Waals surface area contributed by atoms with Crippen LogP contribution in [0.5, 0.6) is 0 Å². The van der Waals surface area contributed by atoms with E-state index in [0.29, 0.717) is 17.4 Å². The molecule has 0 saturated carbocycles. The molecular formula is C34H71NO7P+. The Bertz CT molecular complexity index is 672. The molecule has 0 aliphatic carbocycles. The quantitative estimate of drug-likeness (QED) is 0.0321. The number of ether oxygens (including phenoxy) is 1. The maximum Gasteiger partial charge on any atom is 0.472 e. The molecule has 9 heteroatoms. The Balaban J connectivity index is 3.39. The Morgan fingerprint density at radius 1 is 0.628 bits per heavy atom. The van der Waals surface area contributed by atoms with Gasteiger partial charge in [0, 0.05) is 6.42 Å². The van der Waals surface area contributed by atoms with Crippen molar-refractivity contribution < 1.29 is 37.6 Å². The molecule has 0 amide bonds. The molecule has 2 atom stereocenters. The number of esters is 1. The van der Waals surface area contributed by atoms with Gasteiger partial charge in [-0.25, -0.2) is 4.57 Å². The second-order valence-electron chi connectivity index (χ2n) is 13.5. The highest BCUT2D eigenvalue weighted by atomic mass is 31.2. The fourth-order valence-corrected chi connectivity index (χ4v) is 5.76. The van der Waals surface area contributed by atoms with Gasteiger partial charge in [-0.3, -0.25) is 13.8 Å². The third-order valence-corrected chi connectivity index (χ3v) is 8.85. The summed E-state index contributed by atoms with van der Waals surface area (Å²) in [5.41, 5.74) is 0. The number of quaternary nitrogens is 1. The number of carbonyl (C=O) groups excluding carboxylic acids is 1. The van der Waals surface area contributed by atoms with Gasteiger partial charge in [-0.15, -0.1) is 0 Å². The molecule has 8 nitrogen and oxygen atoms in total. The highest BCUT2D eigenvalue weighted by Gasteiger charge is 2.24. The van der Waals surface area contributed by atoms with Crippen LogP contribution >= 0.6 is 7.82 Å². The molecule has 0 rings (SSSR count). The second kappa shape index (κ2) is 28.9. The summed E-state index contributed by atoms with van der Waals surface area (Å²) >= 11 is 0. The lowest BCUT2D eigenvalue weighted by atomic mass is 10.0. The van der Waals surface area contributed by atoms with Crippen LogP contribution in [0.25, 0.3) is 0 Å². The first-order valence-corrected chi connectivity index (χ1v) is 19.3. The molecule has 0 aliphatic heterocycles. The predicted octanol–water partition coefficient (Wildman–Crippen LogP) is 9.11. The summed E-state index contributed by atoms with van der Waals surface area (Å²) in [7, 11) is 1.57. The molecule has 0 radical (unpaired) electrons. The van der Waals surface area contributed by atoms with Gasteiger partial charge in [0.1, 0.15) is 25.9 Å². The Hall–Kier alpha value is -0.500. The van der Waals surface area contributed by atoms with E-state index in [1.54, 1.807) is 0 Å². The molecule has 0 aromatic rings. The lowest BCUT2D eigenvalue weighted by Crippen LogP contribution is -2.37. The molecule has 1 unspecified atom stereocenters. The molecule has 0 aromatic carbocycles. The van der Waals surface area contributed by atoms with Gasteiger partial charge < -0.3 is 19.2 Å². The van der Waals surface area contributed by atoms with E-state index in [4.69, 9.17) is 13.8 Å². The average molecular weight is 637 g/mol. The van der Waals surface area contributed by atoms with Gasteiger partial charge in [0.05, 0.1) is 27.7 Å². The van der Waals surface area contributed by atoms with Crippen molar-refractivity contribution in [3.8, 4) is 0 Å². The standard InChI is InChI=1S/C34H70NO7P/c1-5-6-7-8-9-10-11-12-13-14-15-16-17-18-19-20-21-22-23-24-25-26-27-28-34(37)40-31-33(36)32-42-43(38,39)41-30-29-35(2,3)4/h33,36H,5-32H2,1-4H3/p+1/t33-/m0/s1. The summed E-state index contributed by atoms with van der Waals surface area (Å²) < 4.78 is 27.2. The molecule has 0 spiro atoms. The average Bonchev–Trinajstić information content (AvgIpc) is 2.94. The lowest BCUT2D eigenvalue weighted by Gasteiger charge is -2.24. The summed E-state index contributed by atoms with van der Waals surface area (Å²) in [5.74, 6) is -0.367. The van der Waals surface area contributed by atoms with Crippen LogP contribution in [0.4, 0.5) is 0 Å². The Kier molecular flexibility index (Phi) is 28.6. The van der Waals surface area contributed by atoms with E-state index in [1.165, 1.54) is 128 Å². The molecule has 0 aliphatic rings. The number of phosphoric ester groups is 1. The van der Waals surface area contributed by atoms with Gasteiger partial charge in [0.25, 0.3) is 0 Å². The van der Waals surface area contributed by atoms with Crippen LogP contribution in [0.3, 0.4) is 0 Å². The van der Waals surface area contributed by atoms with Crippen LogP contribution in [0.15, 0.2) is 0 Å². The first-order valence-electron chi connectivity index (χ1n) is 17.8. The topological polar surface area (TPSA) is 102 Å². The number of phosphoric acid groups is 1. The minimum absolute atomic E-state index is 0.0575. The SMILES string of the molecule is CCCCCCCCCCCCCCCCCCCCCCCCCC(=O)OC[C@H](O)COP(=O)(O)OCC[N+](C)(C)C. The summed E-state index contributed by atoms with van der Waals surface area (Å²) in [6.07, 6.45) is 29.8. The molecule has 258 valence electrons.